The van der Waals surface area contributed by atoms with Crippen LogP contribution < -0.4 is 0 Å². The van der Waals surface area contributed by atoms with E-state index >= 15 is 0 Å². The highest BCUT2D eigenvalue weighted by molar-refractivity contribution is 6.28. The molecule has 0 saturated carbocycles. The number of benzene rings is 10. The molecule has 0 saturated heterocycles. The van der Waals surface area contributed by atoms with E-state index in [2.05, 4.69) is 203 Å². The van der Waals surface area contributed by atoms with Crippen molar-refractivity contribution in [2.75, 3.05) is 0 Å². The van der Waals surface area contributed by atoms with Crippen LogP contribution in [-0.4, -0.2) is 9.13 Å². The van der Waals surface area contributed by atoms with E-state index in [1.165, 1.54) is 110 Å². The molecule has 2 nitrogen and oxygen atoms in total. The van der Waals surface area contributed by atoms with Gasteiger partial charge in [0, 0.05) is 32.9 Å². The zero-order chi connectivity index (χ0) is 35.3. The molecule has 0 fully saturated rings. The largest absolute Gasteiger partial charge is 0.309 e. The smallest absolute Gasteiger partial charge is 0.0547 e. The molecule has 0 aliphatic heterocycles. The minimum absolute atomic E-state index is 1.17. The molecule has 2 heterocycles. The lowest BCUT2D eigenvalue weighted by Gasteiger charge is -2.17. The molecule has 250 valence electrons. The van der Waals surface area contributed by atoms with E-state index in [-0.39, 0.29) is 0 Å². The zero-order valence-electron chi connectivity index (χ0n) is 29.4. The molecule has 0 aliphatic rings. The van der Waals surface area contributed by atoms with Gasteiger partial charge in [0.15, 0.2) is 0 Å². The first-order valence-corrected chi connectivity index (χ1v) is 18.7. The topological polar surface area (TPSA) is 9.86 Å². The number of rotatable bonds is 4. The number of nitrogens with zero attached hydrogens (tertiary/aromatic N) is 2. The van der Waals surface area contributed by atoms with Gasteiger partial charge in [-0.15, -0.1) is 0 Å². The van der Waals surface area contributed by atoms with Gasteiger partial charge in [-0.25, -0.2) is 0 Å². The lowest BCUT2D eigenvalue weighted by atomic mass is 9.87. The van der Waals surface area contributed by atoms with Crippen LogP contribution in [0.3, 0.4) is 0 Å². The van der Waals surface area contributed by atoms with E-state index in [1.807, 2.05) is 0 Å². The Morgan fingerprint density at radius 3 is 1.09 bits per heavy atom. The van der Waals surface area contributed by atoms with Crippen molar-refractivity contribution >= 4 is 75.9 Å². The monoisotopic (exact) mass is 684 g/mol. The van der Waals surface area contributed by atoms with Gasteiger partial charge in [0.25, 0.3) is 0 Å². The van der Waals surface area contributed by atoms with Crippen molar-refractivity contribution in [2.24, 2.45) is 0 Å². The molecule has 0 unspecified atom stereocenters. The number of hydrogen-bond acceptors (Lipinski definition) is 0. The van der Waals surface area contributed by atoms with Crippen LogP contribution >= 0.6 is 0 Å². The van der Waals surface area contributed by atoms with Crippen molar-refractivity contribution in [3.8, 4) is 33.6 Å². The average Bonchev–Trinajstić information content (AvgIpc) is 3.75. The summed E-state index contributed by atoms with van der Waals surface area (Å²) in [5.41, 5.74) is 12.2. The Kier molecular flexibility index (Phi) is 6.09. The zero-order valence-corrected chi connectivity index (χ0v) is 29.4. The van der Waals surface area contributed by atoms with Crippen molar-refractivity contribution in [1.82, 2.24) is 9.13 Å². The van der Waals surface area contributed by atoms with Crippen LogP contribution in [0.1, 0.15) is 0 Å². The lowest BCUT2D eigenvalue weighted by Crippen LogP contribution is -1.94. The minimum atomic E-state index is 1.17. The van der Waals surface area contributed by atoms with Crippen LogP contribution in [0.15, 0.2) is 194 Å². The Morgan fingerprint density at radius 1 is 0.259 bits per heavy atom. The van der Waals surface area contributed by atoms with E-state index in [1.54, 1.807) is 0 Å². The van der Waals surface area contributed by atoms with Gasteiger partial charge in [-0.05, 0) is 103 Å². The van der Waals surface area contributed by atoms with Crippen molar-refractivity contribution in [3.05, 3.63) is 194 Å². The molecule has 2 aromatic heterocycles. The third-order valence-electron chi connectivity index (χ3n) is 11.7. The summed E-state index contributed by atoms with van der Waals surface area (Å²) < 4.78 is 4.81. The second kappa shape index (κ2) is 11.2. The van der Waals surface area contributed by atoms with Crippen molar-refractivity contribution in [1.29, 1.82) is 0 Å². The molecular weight excluding hydrogens is 653 g/mol. The van der Waals surface area contributed by atoms with Crippen LogP contribution in [0, 0.1) is 0 Å². The maximum Gasteiger partial charge on any atom is 0.0547 e. The molecule has 2 heteroatoms. The molecule has 54 heavy (non-hydrogen) atoms. The van der Waals surface area contributed by atoms with Gasteiger partial charge in [0.05, 0.1) is 22.1 Å². The van der Waals surface area contributed by atoms with Crippen LogP contribution in [-0.2, 0) is 0 Å². The quantitative estimate of drug-likeness (QED) is 0.163. The van der Waals surface area contributed by atoms with Gasteiger partial charge in [0.2, 0.25) is 0 Å². The van der Waals surface area contributed by atoms with E-state index in [0.29, 0.717) is 0 Å². The van der Waals surface area contributed by atoms with Crippen molar-refractivity contribution in [2.45, 2.75) is 0 Å². The fraction of sp³-hybridized carbons (Fsp3) is 0. The molecule has 0 bridgehead atoms. The predicted octanol–water partition coefficient (Wildman–Crippen LogP) is 14.1. The van der Waals surface area contributed by atoms with Crippen molar-refractivity contribution in [3.63, 3.8) is 0 Å². The average molecular weight is 685 g/mol. The number of hydrogen-bond donors (Lipinski definition) is 0. The maximum absolute atomic E-state index is 2.41. The fourth-order valence-electron chi connectivity index (χ4n) is 9.29. The molecule has 10 aromatic carbocycles. The lowest BCUT2D eigenvalue weighted by molar-refractivity contribution is 1.18. The van der Waals surface area contributed by atoms with E-state index in [4.69, 9.17) is 0 Å². The number of para-hydroxylation sites is 4. The van der Waals surface area contributed by atoms with Gasteiger partial charge < -0.3 is 9.13 Å². The molecule has 12 aromatic rings. The first kappa shape index (κ1) is 29.4. The highest BCUT2D eigenvalue weighted by Crippen LogP contribution is 2.44. The Bertz CT molecular complexity index is 3190. The van der Waals surface area contributed by atoms with E-state index in [0.717, 1.165) is 0 Å². The van der Waals surface area contributed by atoms with Gasteiger partial charge in [0.1, 0.15) is 0 Å². The standard InChI is InChI=1S/C52H32N2/c1-3-11-37(12-4-1)53-47-17-9-7-15-41(47)43-27-23-35(31-49(43)53)39-25-19-33-22-30-46-40(26-20-34-21-29-45(39)51(33)52(34)46)36-24-28-44-42-16-8-10-18-48(42)54(50(44)32-36)38-13-5-2-6-14-38/h1-32H. The maximum atomic E-state index is 2.41. The second-order valence-corrected chi connectivity index (χ2v) is 14.5. The summed E-state index contributed by atoms with van der Waals surface area (Å²) in [6, 6.07) is 71.5. The number of aromatic nitrogens is 2. The van der Waals surface area contributed by atoms with Gasteiger partial charge in [-0.1, -0.05) is 146 Å². The highest BCUT2D eigenvalue weighted by Gasteiger charge is 2.19. The van der Waals surface area contributed by atoms with Crippen LogP contribution in [0.2, 0.25) is 0 Å². The normalized spacial score (nSPS) is 12.1. The van der Waals surface area contributed by atoms with Gasteiger partial charge >= 0.3 is 0 Å². The summed E-state index contributed by atoms with van der Waals surface area (Å²) in [6.45, 7) is 0. The van der Waals surface area contributed by atoms with Gasteiger partial charge in [-0.3, -0.25) is 0 Å². The first-order valence-electron chi connectivity index (χ1n) is 18.7. The number of fused-ring (bicyclic) bond motifs is 6. The summed E-state index contributed by atoms with van der Waals surface area (Å²) in [5.74, 6) is 0. The SMILES string of the molecule is c1ccc(-n2c3ccccc3c3ccc(-c4ccc5ccc6c(-c7ccc8c9ccccc9n(-c9ccccc9)c8c7)ccc7ccc4c5c76)cc32)cc1. The third kappa shape index (κ3) is 4.11. The molecule has 0 aliphatic carbocycles. The molecule has 0 N–H and O–H groups in total. The minimum Gasteiger partial charge on any atom is -0.309 e. The summed E-state index contributed by atoms with van der Waals surface area (Å²) in [6.07, 6.45) is 0. The van der Waals surface area contributed by atoms with Gasteiger partial charge in [-0.2, -0.15) is 0 Å². The molecule has 0 amide bonds. The molecule has 0 atom stereocenters. The Balaban J connectivity index is 1.08. The van der Waals surface area contributed by atoms with Crippen LogP contribution in [0.4, 0.5) is 0 Å². The van der Waals surface area contributed by atoms with E-state index < -0.39 is 0 Å². The van der Waals surface area contributed by atoms with E-state index in [9.17, 15) is 0 Å². The molecule has 0 spiro atoms. The molecule has 0 radical (unpaired) electrons. The molecule has 12 rings (SSSR count). The fourth-order valence-corrected chi connectivity index (χ4v) is 9.29. The summed E-state index contributed by atoms with van der Waals surface area (Å²) in [4.78, 5) is 0. The third-order valence-corrected chi connectivity index (χ3v) is 11.7. The second-order valence-electron chi connectivity index (χ2n) is 14.5. The van der Waals surface area contributed by atoms with Crippen LogP contribution in [0.5, 0.6) is 0 Å². The Labute approximate surface area is 311 Å². The first-order chi connectivity index (χ1) is 26.8. The molecular formula is C52H32N2. The van der Waals surface area contributed by atoms with Crippen LogP contribution in [0.25, 0.3) is 110 Å². The van der Waals surface area contributed by atoms with Crippen molar-refractivity contribution < 1.29 is 0 Å². The summed E-state index contributed by atoms with van der Waals surface area (Å²) in [5, 5.41) is 12.8. The highest BCUT2D eigenvalue weighted by atomic mass is 15.0. The summed E-state index contributed by atoms with van der Waals surface area (Å²) in [7, 11) is 0. The Morgan fingerprint density at radius 2 is 0.630 bits per heavy atom. The Hall–Kier alpha value is -7.16. The summed E-state index contributed by atoms with van der Waals surface area (Å²) >= 11 is 0. The predicted molar refractivity (Wildman–Crippen MR) is 230 cm³/mol.